The average molecular weight is 446 g/mol. The van der Waals surface area contributed by atoms with Crippen molar-refractivity contribution in [1.82, 2.24) is 9.55 Å². The van der Waals surface area contributed by atoms with E-state index in [4.69, 9.17) is 4.74 Å². The summed E-state index contributed by atoms with van der Waals surface area (Å²) >= 11 is 1.61. The largest absolute Gasteiger partial charge is 0.457 e. The number of fused-ring (bicyclic) bond motifs is 3. The van der Waals surface area contributed by atoms with Gasteiger partial charge >= 0.3 is 0 Å². The van der Waals surface area contributed by atoms with Gasteiger partial charge in [0.15, 0.2) is 0 Å². The van der Waals surface area contributed by atoms with Crippen LogP contribution in [0.15, 0.2) is 65.7 Å². The molecule has 1 atom stereocenters. The van der Waals surface area contributed by atoms with Crippen molar-refractivity contribution in [2.24, 2.45) is 5.92 Å². The fourth-order valence-electron chi connectivity index (χ4n) is 4.06. The van der Waals surface area contributed by atoms with Gasteiger partial charge in [-0.05, 0) is 67.1 Å². The van der Waals surface area contributed by atoms with E-state index in [2.05, 4.69) is 17.2 Å². The van der Waals surface area contributed by atoms with Gasteiger partial charge < -0.3 is 10.1 Å². The molecule has 32 heavy (non-hydrogen) atoms. The standard InChI is InChI=1S/C25H23N3O3S/c1-16-7-12-20-21(13-16)32-24-23(20)25(30)28(15-26-24)14-22(29)27-17-8-10-19(11-9-17)31-18-5-3-2-4-6-18/h2-6,8-11,15-16H,7,12-14H2,1H3,(H,27,29). The lowest BCUT2D eigenvalue weighted by Gasteiger charge is -2.17. The molecule has 7 heteroatoms. The van der Waals surface area contributed by atoms with Crippen LogP contribution in [-0.2, 0) is 24.2 Å². The lowest BCUT2D eigenvalue weighted by Crippen LogP contribution is -2.28. The van der Waals surface area contributed by atoms with Gasteiger partial charge in [-0.3, -0.25) is 14.2 Å². The molecule has 0 saturated heterocycles. The van der Waals surface area contributed by atoms with Gasteiger partial charge in [-0.2, -0.15) is 0 Å². The van der Waals surface area contributed by atoms with Gasteiger partial charge in [0.2, 0.25) is 5.91 Å². The zero-order valence-electron chi connectivity index (χ0n) is 17.7. The molecule has 1 amide bonds. The molecule has 5 rings (SSSR count). The Morgan fingerprint density at radius 2 is 1.91 bits per heavy atom. The van der Waals surface area contributed by atoms with E-state index in [1.54, 1.807) is 35.6 Å². The molecular weight excluding hydrogens is 422 g/mol. The summed E-state index contributed by atoms with van der Waals surface area (Å²) in [5, 5.41) is 3.53. The van der Waals surface area contributed by atoms with Gasteiger partial charge in [0.05, 0.1) is 11.7 Å². The first-order valence-electron chi connectivity index (χ1n) is 10.7. The molecule has 6 nitrogen and oxygen atoms in total. The molecule has 1 unspecified atom stereocenters. The average Bonchev–Trinajstić information content (AvgIpc) is 3.16. The van der Waals surface area contributed by atoms with Gasteiger partial charge in [0, 0.05) is 10.6 Å². The maximum absolute atomic E-state index is 13.1. The second-order valence-corrected chi connectivity index (χ2v) is 9.28. The normalized spacial score (nSPS) is 15.3. The zero-order valence-corrected chi connectivity index (χ0v) is 18.5. The molecule has 0 spiro atoms. The quantitative estimate of drug-likeness (QED) is 0.468. The third-order valence-corrected chi connectivity index (χ3v) is 6.88. The Hall–Kier alpha value is -3.45. The van der Waals surface area contributed by atoms with Gasteiger partial charge in [-0.1, -0.05) is 25.1 Å². The van der Waals surface area contributed by atoms with Crippen LogP contribution in [0.1, 0.15) is 23.8 Å². The van der Waals surface area contributed by atoms with E-state index in [0.717, 1.165) is 35.4 Å². The highest BCUT2D eigenvalue weighted by Gasteiger charge is 2.23. The Labute approximate surface area is 189 Å². The molecule has 162 valence electrons. The zero-order chi connectivity index (χ0) is 22.1. The van der Waals surface area contributed by atoms with Crippen LogP contribution in [0.5, 0.6) is 11.5 Å². The molecule has 2 aromatic carbocycles. The first kappa shape index (κ1) is 20.5. The highest BCUT2D eigenvalue weighted by Crippen LogP contribution is 2.35. The first-order valence-corrected chi connectivity index (χ1v) is 11.5. The summed E-state index contributed by atoms with van der Waals surface area (Å²) in [5.74, 6) is 1.78. The van der Waals surface area contributed by atoms with Crippen LogP contribution in [0.3, 0.4) is 0 Å². The van der Waals surface area contributed by atoms with Crippen LogP contribution in [0.2, 0.25) is 0 Å². The smallest absolute Gasteiger partial charge is 0.262 e. The molecule has 0 fully saturated rings. The number of aromatic nitrogens is 2. The number of rotatable bonds is 5. The van der Waals surface area contributed by atoms with Crippen LogP contribution >= 0.6 is 11.3 Å². The summed E-state index contributed by atoms with van der Waals surface area (Å²) in [5.41, 5.74) is 1.63. The Balaban J connectivity index is 1.29. The molecule has 4 aromatic rings. The summed E-state index contributed by atoms with van der Waals surface area (Å²) in [6.45, 7) is 2.16. The van der Waals surface area contributed by atoms with Crippen molar-refractivity contribution >= 4 is 33.1 Å². The maximum atomic E-state index is 13.1. The third-order valence-electron chi connectivity index (χ3n) is 5.71. The van der Waals surface area contributed by atoms with Crippen molar-refractivity contribution in [2.45, 2.75) is 32.7 Å². The second-order valence-electron chi connectivity index (χ2n) is 8.20. The Bertz CT molecular complexity index is 1330. The second kappa shape index (κ2) is 8.59. The minimum atomic E-state index is -0.275. The summed E-state index contributed by atoms with van der Waals surface area (Å²) in [4.78, 5) is 32.2. The van der Waals surface area contributed by atoms with Crippen molar-refractivity contribution in [1.29, 1.82) is 0 Å². The van der Waals surface area contributed by atoms with Crippen molar-refractivity contribution in [2.75, 3.05) is 5.32 Å². The molecule has 2 heterocycles. The number of hydrogen-bond acceptors (Lipinski definition) is 5. The van der Waals surface area contributed by atoms with E-state index in [1.165, 1.54) is 15.8 Å². The fraction of sp³-hybridized carbons (Fsp3) is 0.240. The Morgan fingerprint density at radius 1 is 1.16 bits per heavy atom. The van der Waals surface area contributed by atoms with Gasteiger partial charge in [-0.25, -0.2) is 4.98 Å². The predicted octanol–water partition coefficient (Wildman–Crippen LogP) is 5.01. The van der Waals surface area contributed by atoms with Gasteiger partial charge in [0.1, 0.15) is 22.9 Å². The van der Waals surface area contributed by atoms with Crippen LogP contribution in [0.25, 0.3) is 10.2 Å². The van der Waals surface area contributed by atoms with Crippen molar-refractivity contribution < 1.29 is 9.53 Å². The summed E-state index contributed by atoms with van der Waals surface area (Å²) in [6.07, 6.45) is 4.46. The molecule has 1 aliphatic rings. The number of anilines is 1. The molecule has 1 aliphatic carbocycles. The van der Waals surface area contributed by atoms with Gasteiger partial charge in [0.25, 0.3) is 5.56 Å². The van der Waals surface area contributed by atoms with E-state index in [9.17, 15) is 9.59 Å². The molecule has 0 aliphatic heterocycles. The van der Waals surface area contributed by atoms with Crippen molar-refractivity contribution in [3.8, 4) is 11.5 Å². The number of carbonyl (C=O) groups excluding carboxylic acids is 1. The van der Waals surface area contributed by atoms with E-state index in [0.29, 0.717) is 22.7 Å². The highest BCUT2D eigenvalue weighted by molar-refractivity contribution is 7.18. The third kappa shape index (κ3) is 4.16. The minimum Gasteiger partial charge on any atom is -0.457 e. The number of benzene rings is 2. The van der Waals surface area contributed by atoms with E-state index >= 15 is 0 Å². The summed E-state index contributed by atoms with van der Waals surface area (Å²) in [6, 6.07) is 16.6. The number of hydrogen-bond donors (Lipinski definition) is 1. The van der Waals surface area contributed by atoms with Crippen LogP contribution < -0.4 is 15.6 Å². The molecular formula is C25H23N3O3S. The highest BCUT2D eigenvalue weighted by atomic mass is 32.1. The van der Waals surface area contributed by atoms with Crippen LogP contribution in [0, 0.1) is 5.92 Å². The van der Waals surface area contributed by atoms with Crippen molar-refractivity contribution in [3.05, 3.63) is 81.7 Å². The van der Waals surface area contributed by atoms with E-state index < -0.39 is 0 Å². The van der Waals surface area contributed by atoms with E-state index in [-0.39, 0.29) is 18.0 Å². The Kier molecular flexibility index (Phi) is 5.49. The number of amides is 1. The fourth-order valence-corrected chi connectivity index (χ4v) is 5.41. The number of aryl methyl sites for hydroxylation is 1. The number of para-hydroxylation sites is 1. The monoisotopic (exact) mass is 445 g/mol. The van der Waals surface area contributed by atoms with Gasteiger partial charge in [-0.15, -0.1) is 11.3 Å². The summed E-state index contributed by atoms with van der Waals surface area (Å²) in [7, 11) is 0. The number of nitrogens with one attached hydrogen (secondary N) is 1. The topological polar surface area (TPSA) is 73.2 Å². The molecule has 0 bridgehead atoms. The maximum Gasteiger partial charge on any atom is 0.262 e. The molecule has 2 aromatic heterocycles. The number of thiophene rings is 1. The van der Waals surface area contributed by atoms with Crippen LogP contribution in [0.4, 0.5) is 5.69 Å². The Morgan fingerprint density at radius 3 is 2.69 bits per heavy atom. The number of carbonyl (C=O) groups is 1. The minimum absolute atomic E-state index is 0.0783. The number of ether oxygens (including phenoxy) is 1. The lowest BCUT2D eigenvalue weighted by molar-refractivity contribution is -0.116. The van der Waals surface area contributed by atoms with Crippen molar-refractivity contribution in [3.63, 3.8) is 0 Å². The first-order chi connectivity index (χ1) is 15.6. The number of nitrogens with zero attached hydrogens (tertiary/aromatic N) is 2. The van der Waals surface area contributed by atoms with E-state index in [1.807, 2.05) is 30.3 Å². The predicted molar refractivity (Wildman–Crippen MR) is 127 cm³/mol. The van der Waals surface area contributed by atoms with Crippen LogP contribution in [-0.4, -0.2) is 15.5 Å². The lowest BCUT2D eigenvalue weighted by atomic mass is 9.89. The molecule has 0 radical (unpaired) electrons. The molecule has 1 N–H and O–H groups in total. The molecule has 0 saturated carbocycles. The SMILES string of the molecule is CC1CCc2c(sc3ncn(CC(=O)Nc4ccc(Oc5ccccc5)cc4)c(=O)c23)C1. The summed E-state index contributed by atoms with van der Waals surface area (Å²) < 4.78 is 7.17.